The second-order valence-electron chi connectivity index (χ2n) is 4.88. The molecule has 0 saturated carbocycles. The molecular weight excluding hydrogens is 222 g/mol. The molecule has 0 amide bonds. The van der Waals surface area contributed by atoms with E-state index in [0.717, 1.165) is 30.7 Å². The van der Waals surface area contributed by atoms with Gasteiger partial charge in [0.1, 0.15) is 12.4 Å². The van der Waals surface area contributed by atoms with E-state index in [1.165, 1.54) is 13.1 Å². The molecule has 1 fully saturated rings. The van der Waals surface area contributed by atoms with Crippen molar-refractivity contribution in [2.24, 2.45) is 11.8 Å². The van der Waals surface area contributed by atoms with Gasteiger partial charge in [0.05, 0.1) is 0 Å². The molecule has 0 bridgehead atoms. The summed E-state index contributed by atoms with van der Waals surface area (Å²) in [6.07, 6.45) is 0. The molecule has 1 aromatic rings. The molecule has 2 rings (SSSR count). The molecule has 0 radical (unpaired) electrons. The summed E-state index contributed by atoms with van der Waals surface area (Å²) in [6, 6.07) is 10.0. The van der Waals surface area contributed by atoms with E-state index in [0.29, 0.717) is 0 Å². The van der Waals surface area contributed by atoms with Gasteiger partial charge in [-0.05, 0) is 24.0 Å². The molecule has 1 heterocycles. The molecule has 0 spiro atoms. The molecule has 1 aromatic carbocycles. The summed E-state index contributed by atoms with van der Waals surface area (Å²) in [4.78, 5) is 2.50. The lowest BCUT2D eigenvalue weighted by atomic mass is 10.0. The van der Waals surface area contributed by atoms with Crippen molar-refractivity contribution in [1.82, 2.24) is 4.90 Å². The van der Waals surface area contributed by atoms with Gasteiger partial charge in [-0.3, -0.25) is 4.90 Å². The standard InChI is InChI=1S/C14H21NO.C2H6/c1-12-10-15(11-13(12)2)8-9-16-14-6-4-3-5-7-14;1-2/h3-7,12-13H,8-11H2,1-2H3;1-2H3/t12-,13+;. The Morgan fingerprint density at radius 3 is 2.17 bits per heavy atom. The molecule has 2 atom stereocenters. The van der Waals surface area contributed by atoms with Gasteiger partial charge in [0, 0.05) is 19.6 Å². The van der Waals surface area contributed by atoms with Gasteiger partial charge in [0.2, 0.25) is 0 Å². The number of hydrogen-bond acceptors (Lipinski definition) is 2. The summed E-state index contributed by atoms with van der Waals surface area (Å²) >= 11 is 0. The van der Waals surface area contributed by atoms with Crippen molar-refractivity contribution in [3.63, 3.8) is 0 Å². The van der Waals surface area contributed by atoms with Gasteiger partial charge in [-0.2, -0.15) is 0 Å². The second kappa shape index (κ2) is 8.15. The lowest BCUT2D eigenvalue weighted by Crippen LogP contribution is -2.26. The quantitative estimate of drug-likeness (QED) is 0.807. The van der Waals surface area contributed by atoms with Crippen LogP contribution < -0.4 is 4.74 Å². The van der Waals surface area contributed by atoms with Gasteiger partial charge in [0.15, 0.2) is 0 Å². The fourth-order valence-electron chi connectivity index (χ4n) is 2.24. The van der Waals surface area contributed by atoms with Crippen LogP contribution in [0.4, 0.5) is 0 Å². The molecule has 102 valence electrons. The molecular formula is C16H27NO. The average molecular weight is 249 g/mol. The van der Waals surface area contributed by atoms with Crippen LogP contribution in [0, 0.1) is 11.8 Å². The van der Waals surface area contributed by atoms with Crippen molar-refractivity contribution in [2.45, 2.75) is 27.7 Å². The Kier molecular flexibility index (Phi) is 6.81. The third-order valence-electron chi connectivity index (χ3n) is 3.48. The van der Waals surface area contributed by atoms with E-state index >= 15 is 0 Å². The van der Waals surface area contributed by atoms with Crippen LogP contribution in [0.2, 0.25) is 0 Å². The van der Waals surface area contributed by atoms with Crippen LogP contribution in [0.25, 0.3) is 0 Å². The number of para-hydroxylation sites is 1. The van der Waals surface area contributed by atoms with Gasteiger partial charge in [-0.25, -0.2) is 0 Å². The number of likely N-dealkylation sites (tertiary alicyclic amines) is 1. The van der Waals surface area contributed by atoms with E-state index in [1.54, 1.807) is 0 Å². The van der Waals surface area contributed by atoms with Crippen molar-refractivity contribution in [1.29, 1.82) is 0 Å². The minimum absolute atomic E-state index is 0.795. The first-order chi connectivity index (χ1) is 8.75. The molecule has 0 unspecified atom stereocenters. The second-order valence-corrected chi connectivity index (χ2v) is 4.88. The van der Waals surface area contributed by atoms with Gasteiger partial charge in [-0.1, -0.05) is 45.9 Å². The first kappa shape index (κ1) is 15.0. The minimum atomic E-state index is 0.795. The molecule has 1 saturated heterocycles. The Hall–Kier alpha value is -1.02. The van der Waals surface area contributed by atoms with E-state index in [4.69, 9.17) is 4.74 Å². The zero-order chi connectivity index (χ0) is 13.4. The third kappa shape index (κ3) is 4.69. The third-order valence-corrected chi connectivity index (χ3v) is 3.48. The maximum atomic E-state index is 5.70. The molecule has 0 aliphatic carbocycles. The Labute approximate surface area is 112 Å². The van der Waals surface area contributed by atoms with Crippen LogP contribution in [0.15, 0.2) is 30.3 Å². The Bertz CT molecular complexity index is 302. The molecule has 2 heteroatoms. The topological polar surface area (TPSA) is 12.5 Å². The van der Waals surface area contributed by atoms with E-state index in [-0.39, 0.29) is 0 Å². The monoisotopic (exact) mass is 249 g/mol. The predicted octanol–water partition coefficient (Wildman–Crippen LogP) is 3.68. The Morgan fingerprint density at radius 2 is 1.61 bits per heavy atom. The highest BCUT2D eigenvalue weighted by molar-refractivity contribution is 5.20. The number of nitrogens with zero attached hydrogens (tertiary/aromatic N) is 1. The van der Waals surface area contributed by atoms with Gasteiger partial charge >= 0.3 is 0 Å². The summed E-state index contributed by atoms with van der Waals surface area (Å²) in [5, 5.41) is 0. The van der Waals surface area contributed by atoms with Crippen molar-refractivity contribution in [2.75, 3.05) is 26.2 Å². The number of rotatable bonds is 4. The van der Waals surface area contributed by atoms with Gasteiger partial charge in [0.25, 0.3) is 0 Å². The summed E-state index contributed by atoms with van der Waals surface area (Å²) in [7, 11) is 0. The van der Waals surface area contributed by atoms with Crippen molar-refractivity contribution < 1.29 is 4.74 Å². The first-order valence-electron chi connectivity index (χ1n) is 7.16. The maximum absolute atomic E-state index is 5.70. The fraction of sp³-hybridized carbons (Fsp3) is 0.625. The van der Waals surface area contributed by atoms with Gasteiger partial charge in [-0.15, -0.1) is 0 Å². The lowest BCUT2D eigenvalue weighted by molar-refractivity contribution is 0.232. The minimum Gasteiger partial charge on any atom is -0.492 e. The van der Waals surface area contributed by atoms with Crippen molar-refractivity contribution in [3.05, 3.63) is 30.3 Å². The molecule has 0 N–H and O–H groups in total. The fourth-order valence-corrected chi connectivity index (χ4v) is 2.24. The highest BCUT2D eigenvalue weighted by Gasteiger charge is 2.25. The van der Waals surface area contributed by atoms with E-state index in [2.05, 4.69) is 18.7 Å². The predicted molar refractivity (Wildman–Crippen MR) is 78.1 cm³/mol. The van der Waals surface area contributed by atoms with E-state index < -0.39 is 0 Å². The Morgan fingerprint density at radius 1 is 1.06 bits per heavy atom. The van der Waals surface area contributed by atoms with Crippen LogP contribution in [-0.4, -0.2) is 31.1 Å². The van der Waals surface area contributed by atoms with Gasteiger partial charge < -0.3 is 4.74 Å². The molecule has 1 aliphatic heterocycles. The van der Waals surface area contributed by atoms with Crippen LogP contribution >= 0.6 is 0 Å². The van der Waals surface area contributed by atoms with Crippen LogP contribution in [0.1, 0.15) is 27.7 Å². The molecule has 1 aliphatic rings. The molecule has 18 heavy (non-hydrogen) atoms. The highest BCUT2D eigenvalue weighted by atomic mass is 16.5. The number of benzene rings is 1. The van der Waals surface area contributed by atoms with Crippen molar-refractivity contribution >= 4 is 0 Å². The average Bonchev–Trinajstić information content (AvgIpc) is 2.72. The van der Waals surface area contributed by atoms with E-state index in [9.17, 15) is 0 Å². The molecule has 0 aromatic heterocycles. The zero-order valence-corrected chi connectivity index (χ0v) is 12.2. The smallest absolute Gasteiger partial charge is 0.119 e. The van der Waals surface area contributed by atoms with Crippen molar-refractivity contribution in [3.8, 4) is 5.75 Å². The van der Waals surface area contributed by atoms with Crippen LogP contribution in [-0.2, 0) is 0 Å². The highest BCUT2D eigenvalue weighted by Crippen LogP contribution is 2.21. The largest absolute Gasteiger partial charge is 0.492 e. The summed E-state index contributed by atoms with van der Waals surface area (Å²) in [5.41, 5.74) is 0. The van der Waals surface area contributed by atoms with Crippen LogP contribution in [0.5, 0.6) is 5.75 Å². The summed E-state index contributed by atoms with van der Waals surface area (Å²) in [5.74, 6) is 2.64. The number of hydrogen-bond donors (Lipinski definition) is 0. The SMILES string of the molecule is CC.C[C@@H]1CN(CCOc2ccccc2)C[C@@H]1C. The summed E-state index contributed by atoms with van der Waals surface area (Å²) in [6.45, 7) is 13.0. The zero-order valence-electron chi connectivity index (χ0n) is 12.2. The maximum Gasteiger partial charge on any atom is 0.119 e. The number of ether oxygens (including phenoxy) is 1. The van der Waals surface area contributed by atoms with E-state index in [1.807, 2.05) is 44.2 Å². The first-order valence-corrected chi connectivity index (χ1v) is 7.16. The molecule has 2 nitrogen and oxygen atoms in total. The Balaban J connectivity index is 0.000000771. The normalized spacial score (nSPS) is 23.3. The van der Waals surface area contributed by atoms with Crippen LogP contribution in [0.3, 0.4) is 0 Å². The summed E-state index contributed by atoms with van der Waals surface area (Å²) < 4.78 is 5.70. The lowest BCUT2D eigenvalue weighted by Gasteiger charge is -2.15.